The first-order valence-electron chi connectivity index (χ1n) is 6.95. The van der Waals surface area contributed by atoms with E-state index < -0.39 is 0 Å². The highest BCUT2D eigenvalue weighted by Crippen LogP contribution is 2.34. The van der Waals surface area contributed by atoms with E-state index in [9.17, 15) is 0 Å². The van der Waals surface area contributed by atoms with E-state index in [-0.39, 0.29) is 0 Å². The third-order valence-corrected chi connectivity index (χ3v) is 3.32. The SMILES string of the molecule is CCCNC(=NCC1Cc2ccccc21)NCC. The lowest BCUT2D eigenvalue weighted by Crippen LogP contribution is -2.38. The number of aliphatic imine (C=N–C) groups is 1. The van der Waals surface area contributed by atoms with Crippen LogP contribution in [0.5, 0.6) is 0 Å². The van der Waals surface area contributed by atoms with Gasteiger partial charge in [-0.3, -0.25) is 4.99 Å². The topological polar surface area (TPSA) is 36.4 Å². The van der Waals surface area contributed by atoms with Gasteiger partial charge in [-0.25, -0.2) is 0 Å². The summed E-state index contributed by atoms with van der Waals surface area (Å²) < 4.78 is 0. The second-order valence-corrected chi connectivity index (χ2v) is 4.75. The number of nitrogens with one attached hydrogen (secondary N) is 2. The Kier molecular flexibility index (Phi) is 4.62. The maximum Gasteiger partial charge on any atom is 0.191 e. The maximum absolute atomic E-state index is 4.67. The molecule has 0 saturated carbocycles. The van der Waals surface area contributed by atoms with Crippen LogP contribution in [0.25, 0.3) is 0 Å². The number of guanidine groups is 1. The van der Waals surface area contributed by atoms with Crippen LogP contribution in [-0.4, -0.2) is 25.6 Å². The maximum atomic E-state index is 4.67. The molecule has 1 atom stereocenters. The molecule has 1 aromatic rings. The van der Waals surface area contributed by atoms with Crippen molar-refractivity contribution in [3.8, 4) is 0 Å². The lowest BCUT2D eigenvalue weighted by molar-refractivity contribution is 0.614. The molecular formula is C15H23N3. The van der Waals surface area contributed by atoms with Gasteiger partial charge in [-0.1, -0.05) is 31.2 Å². The molecule has 2 rings (SSSR count). The van der Waals surface area contributed by atoms with E-state index in [0.29, 0.717) is 5.92 Å². The highest BCUT2D eigenvalue weighted by Gasteiger charge is 2.24. The molecule has 18 heavy (non-hydrogen) atoms. The van der Waals surface area contributed by atoms with Crippen LogP contribution >= 0.6 is 0 Å². The third-order valence-electron chi connectivity index (χ3n) is 3.32. The van der Waals surface area contributed by atoms with Gasteiger partial charge in [0.1, 0.15) is 0 Å². The van der Waals surface area contributed by atoms with Crippen molar-refractivity contribution in [2.75, 3.05) is 19.6 Å². The average molecular weight is 245 g/mol. The Bertz CT molecular complexity index is 412. The summed E-state index contributed by atoms with van der Waals surface area (Å²) in [4.78, 5) is 4.67. The first-order chi connectivity index (χ1) is 8.85. The van der Waals surface area contributed by atoms with Crippen molar-refractivity contribution in [1.82, 2.24) is 10.6 Å². The molecule has 98 valence electrons. The van der Waals surface area contributed by atoms with Crippen LogP contribution in [0.4, 0.5) is 0 Å². The van der Waals surface area contributed by atoms with Gasteiger partial charge in [0.25, 0.3) is 0 Å². The van der Waals surface area contributed by atoms with Gasteiger partial charge in [-0.2, -0.15) is 0 Å². The Balaban J connectivity index is 1.89. The number of fused-ring (bicyclic) bond motifs is 1. The normalized spacial score (nSPS) is 17.9. The summed E-state index contributed by atoms with van der Waals surface area (Å²) in [5, 5.41) is 6.62. The van der Waals surface area contributed by atoms with Crippen LogP contribution < -0.4 is 10.6 Å². The van der Waals surface area contributed by atoms with Crippen molar-refractivity contribution in [2.45, 2.75) is 32.6 Å². The van der Waals surface area contributed by atoms with E-state index in [1.54, 1.807) is 0 Å². The summed E-state index contributed by atoms with van der Waals surface area (Å²) in [7, 11) is 0. The molecule has 1 unspecified atom stereocenters. The number of hydrogen-bond acceptors (Lipinski definition) is 1. The summed E-state index contributed by atoms with van der Waals surface area (Å²) in [6, 6.07) is 8.68. The van der Waals surface area contributed by atoms with Crippen LogP contribution in [0, 0.1) is 0 Å². The molecule has 0 amide bonds. The number of benzene rings is 1. The molecule has 0 spiro atoms. The minimum Gasteiger partial charge on any atom is -0.357 e. The van der Waals surface area contributed by atoms with Crippen molar-refractivity contribution >= 4 is 5.96 Å². The number of nitrogens with zero attached hydrogens (tertiary/aromatic N) is 1. The minimum absolute atomic E-state index is 0.610. The lowest BCUT2D eigenvalue weighted by Gasteiger charge is -2.28. The van der Waals surface area contributed by atoms with Crippen molar-refractivity contribution in [3.05, 3.63) is 35.4 Å². The Morgan fingerprint density at radius 1 is 1.28 bits per heavy atom. The smallest absolute Gasteiger partial charge is 0.191 e. The van der Waals surface area contributed by atoms with E-state index in [1.165, 1.54) is 17.5 Å². The predicted molar refractivity (Wildman–Crippen MR) is 77.2 cm³/mol. The van der Waals surface area contributed by atoms with Gasteiger partial charge in [0, 0.05) is 25.6 Å². The van der Waals surface area contributed by atoms with Gasteiger partial charge in [0.2, 0.25) is 0 Å². The molecular weight excluding hydrogens is 222 g/mol. The van der Waals surface area contributed by atoms with E-state index >= 15 is 0 Å². The van der Waals surface area contributed by atoms with E-state index in [1.807, 2.05) is 0 Å². The Morgan fingerprint density at radius 2 is 2.11 bits per heavy atom. The Hall–Kier alpha value is -1.51. The van der Waals surface area contributed by atoms with Crippen LogP contribution in [-0.2, 0) is 6.42 Å². The molecule has 0 saturated heterocycles. The van der Waals surface area contributed by atoms with E-state index in [2.05, 4.69) is 53.7 Å². The van der Waals surface area contributed by atoms with Crippen LogP contribution in [0.3, 0.4) is 0 Å². The van der Waals surface area contributed by atoms with E-state index in [4.69, 9.17) is 0 Å². The van der Waals surface area contributed by atoms with Crippen molar-refractivity contribution in [2.24, 2.45) is 4.99 Å². The molecule has 3 nitrogen and oxygen atoms in total. The molecule has 3 heteroatoms. The molecule has 0 aromatic heterocycles. The Labute approximate surface area is 110 Å². The summed E-state index contributed by atoms with van der Waals surface area (Å²) in [6.45, 7) is 7.04. The Morgan fingerprint density at radius 3 is 2.83 bits per heavy atom. The van der Waals surface area contributed by atoms with Crippen molar-refractivity contribution in [1.29, 1.82) is 0 Å². The molecule has 0 fully saturated rings. The van der Waals surface area contributed by atoms with Gasteiger partial charge in [-0.05, 0) is 30.9 Å². The van der Waals surface area contributed by atoms with Gasteiger partial charge in [0.05, 0.1) is 0 Å². The van der Waals surface area contributed by atoms with Gasteiger partial charge >= 0.3 is 0 Å². The predicted octanol–water partition coefficient (Wildman–Crippen LogP) is 2.29. The molecule has 0 radical (unpaired) electrons. The molecule has 2 N–H and O–H groups in total. The van der Waals surface area contributed by atoms with Crippen LogP contribution in [0.1, 0.15) is 37.3 Å². The van der Waals surface area contributed by atoms with Gasteiger partial charge < -0.3 is 10.6 Å². The standard InChI is InChI=1S/C15H23N3/c1-3-9-17-15(16-4-2)18-11-13-10-12-7-5-6-8-14(12)13/h5-8,13H,3-4,9-11H2,1-2H3,(H2,16,17,18). The van der Waals surface area contributed by atoms with Gasteiger partial charge in [0.15, 0.2) is 5.96 Å². The molecule has 1 aromatic carbocycles. The molecule has 1 aliphatic carbocycles. The fraction of sp³-hybridized carbons (Fsp3) is 0.533. The monoisotopic (exact) mass is 245 g/mol. The largest absolute Gasteiger partial charge is 0.357 e. The summed E-state index contributed by atoms with van der Waals surface area (Å²) in [5.41, 5.74) is 2.97. The lowest BCUT2D eigenvalue weighted by atomic mass is 9.78. The van der Waals surface area contributed by atoms with E-state index in [0.717, 1.165) is 32.0 Å². The van der Waals surface area contributed by atoms with Gasteiger partial charge in [-0.15, -0.1) is 0 Å². The average Bonchev–Trinajstić information content (AvgIpc) is 2.37. The third kappa shape index (κ3) is 3.03. The quantitative estimate of drug-likeness (QED) is 0.617. The zero-order valence-electron chi connectivity index (χ0n) is 11.4. The zero-order chi connectivity index (χ0) is 12.8. The second kappa shape index (κ2) is 6.43. The first-order valence-corrected chi connectivity index (χ1v) is 6.95. The first kappa shape index (κ1) is 12.9. The molecule has 0 bridgehead atoms. The zero-order valence-corrected chi connectivity index (χ0v) is 11.4. The summed E-state index contributed by atoms with van der Waals surface area (Å²) >= 11 is 0. The fourth-order valence-corrected chi connectivity index (χ4v) is 2.31. The number of rotatable bonds is 5. The molecule has 0 aliphatic heterocycles. The van der Waals surface area contributed by atoms with Crippen LogP contribution in [0.2, 0.25) is 0 Å². The second-order valence-electron chi connectivity index (χ2n) is 4.75. The summed E-state index contributed by atoms with van der Waals surface area (Å²) in [6.07, 6.45) is 2.30. The number of hydrogen-bond donors (Lipinski definition) is 2. The fourth-order valence-electron chi connectivity index (χ4n) is 2.31. The minimum atomic E-state index is 0.610. The summed E-state index contributed by atoms with van der Waals surface area (Å²) in [5.74, 6) is 1.56. The molecule has 0 heterocycles. The van der Waals surface area contributed by atoms with Crippen molar-refractivity contribution < 1.29 is 0 Å². The molecule has 1 aliphatic rings. The highest BCUT2D eigenvalue weighted by atomic mass is 15.2. The van der Waals surface area contributed by atoms with Crippen molar-refractivity contribution in [3.63, 3.8) is 0 Å². The van der Waals surface area contributed by atoms with Crippen LogP contribution in [0.15, 0.2) is 29.3 Å². The highest BCUT2D eigenvalue weighted by molar-refractivity contribution is 5.79.